The summed E-state index contributed by atoms with van der Waals surface area (Å²) in [6.07, 6.45) is -5.91. The molecule has 0 aliphatic heterocycles. The van der Waals surface area contributed by atoms with Gasteiger partial charge in [-0.3, -0.25) is 10.1 Å². The molecule has 0 spiro atoms. The van der Waals surface area contributed by atoms with Gasteiger partial charge in [0.05, 0.1) is 25.4 Å². The van der Waals surface area contributed by atoms with Crippen LogP contribution in [0.4, 0.5) is 23.7 Å². The van der Waals surface area contributed by atoms with Gasteiger partial charge in [0.25, 0.3) is 5.56 Å². The summed E-state index contributed by atoms with van der Waals surface area (Å²) in [6.45, 7) is 0.755. The van der Waals surface area contributed by atoms with Crippen molar-refractivity contribution in [2.24, 2.45) is 0 Å². The zero-order chi connectivity index (χ0) is 30.9. The fourth-order valence-electron chi connectivity index (χ4n) is 4.59. The van der Waals surface area contributed by atoms with Gasteiger partial charge in [-0.15, -0.1) is 0 Å². The minimum atomic E-state index is -4.59. The van der Waals surface area contributed by atoms with Crippen molar-refractivity contribution in [1.29, 1.82) is 0 Å². The summed E-state index contributed by atoms with van der Waals surface area (Å²) in [5, 5.41) is 3.18. The van der Waals surface area contributed by atoms with Crippen molar-refractivity contribution in [3.8, 4) is 11.3 Å². The minimum Gasteiger partial charge on any atom is -0.446 e. The average molecular weight is 603 g/mol. The van der Waals surface area contributed by atoms with Gasteiger partial charge in [-0.25, -0.2) is 4.79 Å². The van der Waals surface area contributed by atoms with E-state index in [1.807, 2.05) is 60.7 Å². The van der Waals surface area contributed by atoms with Crippen LogP contribution < -0.4 is 10.9 Å². The third-order valence-corrected chi connectivity index (χ3v) is 6.76. The van der Waals surface area contributed by atoms with Crippen molar-refractivity contribution in [2.45, 2.75) is 25.5 Å². The van der Waals surface area contributed by atoms with Gasteiger partial charge in [0, 0.05) is 22.3 Å². The Bertz CT molecular complexity index is 1760. The summed E-state index contributed by atoms with van der Waals surface area (Å²) in [7, 11) is 0. The highest BCUT2D eigenvalue weighted by molar-refractivity contribution is 5.92. The number of fused-ring (bicyclic) bond motifs is 1. The topological polar surface area (TPSA) is 89.7 Å². The number of nitrogens with one attached hydrogen (secondary N) is 2. The molecular formula is C34H29F3N2O5. The van der Waals surface area contributed by atoms with Gasteiger partial charge >= 0.3 is 12.3 Å². The summed E-state index contributed by atoms with van der Waals surface area (Å²) >= 11 is 0. The second-order valence-electron chi connectivity index (χ2n) is 10.0. The van der Waals surface area contributed by atoms with Crippen LogP contribution in [0.5, 0.6) is 0 Å². The Morgan fingerprint density at radius 3 is 2.16 bits per heavy atom. The predicted octanol–water partition coefficient (Wildman–Crippen LogP) is 7.56. The monoisotopic (exact) mass is 602 g/mol. The maximum Gasteiger partial charge on any atom is 0.417 e. The number of halogens is 3. The van der Waals surface area contributed by atoms with E-state index in [4.69, 9.17) is 14.2 Å². The highest BCUT2D eigenvalue weighted by Crippen LogP contribution is 2.36. The molecule has 1 atom stereocenters. The first kappa shape index (κ1) is 30.5. The van der Waals surface area contributed by atoms with Crippen LogP contribution in [0.3, 0.4) is 0 Å². The molecule has 7 nitrogen and oxygen atoms in total. The molecule has 5 aromatic rings. The Hall–Kier alpha value is -4.93. The third-order valence-electron chi connectivity index (χ3n) is 6.76. The largest absolute Gasteiger partial charge is 0.446 e. The van der Waals surface area contributed by atoms with Crippen LogP contribution in [0.25, 0.3) is 22.0 Å². The normalized spacial score (nSPS) is 12.2. The molecule has 0 aliphatic rings. The average Bonchev–Trinajstić information content (AvgIpc) is 3.03. The van der Waals surface area contributed by atoms with E-state index in [2.05, 4.69) is 10.3 Å². The number of carbonyl (C=O) groups is 1. The van der Waals surface area contributed by atoms with E-state index in [0.717, 1.165) is 17.2 Å². The smallest absolute Gasteiger partial charge is 0.417 e. The number of aromatic nitrogens is 1. The van der Waals surface area contributed by atoms with Gasteiger partial charge in [-0.2, -0.15) is 13.2 Å². The number of aromatic amines is 1. The van der Waals surface area contributed by atoms with Crippen molar-refractivity contribution >= 4 is 22.6 Å². The van der Waals surface area contributed by atoms with Crippen LogP contribution in [0.15, 0.2) is 114 Å². The number of benzene rings is 4. The maximum absolute atomic E-state index is 13.5. The van der Waals surface area contributed by atoms with Crippen LogP contribution in [-0.4, -0.2) is 30.4 Å². The van der Waals surface area contributed by atoms with E-state index >= 15 is 0 Å². The Kier molecular flexibility index (Phi) is 9.73. The molecule has 0 fully saturated rings. The molecule has 10 heteroatoms. The van der Waals surface area contributed by atoms with Gasteiger partial charge in [0.2, 0.25) is 0 Å². The molecule has 0 radical (unpaired) electrons. The van der Waals surface area contributed by atoms with Gasteiger partial charge in [-0.1, -0.05) is 84.9 Å². The molecule has 1 amide bonds. The van der Waals surface area contributed by atoms with Crippen molar-refractivity contribution in [2.75, 3.05) is 18.5 Å². The van der Waals surface area contributed by atoms with Crippen molar-refractivity contribution in [3.63, 3.8) is 0 Å². The molecule has 0 saturated carbocycles. The van der Waals surface area contributed by atoms with Gasteiger partial charge in [0.1, 0.15) is 12.7 Å². The zero-order valence-corrected chi connectivity index (χ0v) is 23.5. The molecule has 0 unspecified atom stereocenters. The predicted molar refractivity (Wildman–Crippen MR) is 161 cm³/mol. The molecule has 44 heavy (non-hydrogen) atoms. The number of hydrogen-bond acceptors (Lipinski definition) is 5. The molecule has 0 aliphatic carbocycles. The SMILES string of the molecule is O=C(Nc1ccc2cc(-c3ccccc3C(F)(F)F)[nH]c(=O)c2c1)OC[C@@H](COCc1ccccc1)OCc1ccccc1. The number of anilines is 1. The summed E-state index contributed by atoms with van der Waals surface area (Å²) < 4.78 is 57.8. The minimum absolute atomic E-state index is 0.0339. The number of carbonyl (C=O) groups excluding carboxylic acids is 1. The number of alkyl halides is 3. The number of H-pyrrole nitrogens is 1. The maximum atomic E-state index is 13.5. The van der Waals surface area contributed by atoms with Gasteiger partial charge in [0.15, 0.2) is 0 Å². The fraction of sp³-hybridized carbons (Fsp3) is 0.176. The molecule has 5 rings (SSSR count). The second kappa shape index (κ2) is 14.0. The first-order valence-electron chi connectivity index (χ1n) is 13.8. The second-order valence-corrected chi connectivity index (χ2v) is 10.0. The highest BCUT2D eigenvalue weighted by atomic mass is 19.4. The molecule has 1 aromatic heterocycles. The van der Waals surface area contributed by atoms with Crippen LogP contribution in [0, 0.1) is 0 Å². The Balaban J connectivity index is 1.23. The van der Waals surface area contributed by atoms with Gasteiger partial charge < -0.3 is 19.2 Å². The van der Waals surface area contributed by atoms with E-state index in [1.54, 1.807) is 6.07 Å². The first-order chi connectivity index (χ1) is 21.3. The quantitative estimate of drug-likeness (QED) is 0.163. The van der Waals surface area contributed by atoms with E-state index < -0.39 is 29.5 Å². The highest BCUT2D eigenvalue weighted by Gasteiger charge is 2.33. The molecule has 0 saturated heterocycles. The fourth-order valence-corrected chi connectivity index (χ4v) is 4.59. The van der Waals surface area contributed by atoms with Crippen LogP contribution in [0.1, 0.15) is 16.7 Å². The van der Waals surface area contributed by atoms with Crippen molar-refractivity contribution in [1.82, 2.24) is 4.98 Å². The van der Waals surface area contributed by atoms with Crippen molar-refractivity contribution < 1.29 is 32.2 Å². The van der Waals surface area contributed by atoms with Crippen molar-refractivity contribution in [3.05, 3.63) is 136 Å². The molecule has 2 N–H and O–H groups in total. The molecule has 4 aromatic carbocycles. The lowest BCUT2D eigenvalue weighted by atomic mass is 10.0. The number of hydrogen-bond donors (Lipinski definition) is 2. The number of pyridine rings is 1. The summed E-state index contributed by atoms with van der Waals surface area (Å²) in [6, 6.07) is 30.2. The Labute approximate surface area is 251 Å². The number of ether oxygens (including phenoxy) is 3. The lowest BCUT2D eigenvalue weighted by Crippen LogP contribution is -2.28. The summed E-state index contributed by atoms with van der Waals surface area (Å²) in [4.78, 5) is 28.1. The van der Waals surface area contributed by atoms with E-state index in [0.29, 0.717) is 18.6 Å². The van der Waals surface area contributed by atoms with Crippen LogP contribution >= 0.6 is 0 Å². The summed E-state index contributed by atoms with van der Waals surface area (Å²) in [5.41, 5.74) is 0.669. The number of rotatable bonds is 11. The van der Waals surface area contributed by atoms with E-state index in [1.165, 1.54) is 36.4 Å². The van der Waals surface area contributed by atoms with E-state index in [9.17, 15) is 22.8 Å². The zero-order valence-electron chi connectivity index (χ0n) is 23.5. The standard InChI is InChI=1S/C34H29F3N2O5/c35-34(36,37)30-14-8-7-13-28(30)31-17-25-15-16-26(18-29(25)32(40)39-31)38-33(41)44-22-27(43-20-24-11-5-2-6-12-24)21-42-19-23-9-3-1-4-10-23/h1-18,27H,19-22H2,(H,38,41)(H,39,40)/t27-/m1/s1. The number of amides is 1. The molecular weight excluding hydrogens is 573 g/mol. The lowest BCUT2D eigenvalue weighted by Gasteiger charge is -2.19. The first-order valence-corrected chi connectivity index (χ1v) is 13.8. The Morgan fingerprint density at radius 1 is 0.795 bits per heavy atom. The Morgan fingerprint density at radius 2 is 1.45 bits per heavy atom. The molecule has 0 bridgehead atoms. The third kappa shape index (κ3) is 8.12. The van der Waals surface area contributed by atoms with Gasteiger partial charge in [-0.05, 0) is 40.8 Å². The van der Waals surface area contributed by atoms with Crippen LogP contribution in [-0.2, 0) is 33.6 Å². The lowest BCUT2D eigenvalue weighted by molar-refractivity contribution is -0.137. The summed E-state index contributed by atoms with van der Waals surface area (Å²) in [5.74, 6) is 0. The van der Waals surface area contributed by atoms with Crippen LogP contribution in [0.2, 0.25) is 0 Å². The molecule has 226 valence electrons. The molecule has 1 heterocycles. The van der Waals surface area contributed by atoms with E-state index in [-0.39, 0.29) is 35.5 Å².